The molecule has 3 aromatic rings. The van der Waals surface area contributed by atoms with Gasteiger partial charge in [-0.25, -0.2) is 4.39 Å². The van der Waals surface area contributed by atoms with E-state index in [0.29, 0.717) is 12.1 Å². The highest BCUT2D eigenvalue weighted by Gasteiger charge is 2.32. The van der Waals surface area contributed by atoms with Crippen molar-refractivity contribution >= 4 is 5.91 Å². The maximum absolute atomic E-state index is 13.5. The summed E-state index contributed by atoms with van der Waals surface area (Å²) in [6, 6.07) is 22.3. The number of nitrogens with zero attached hydrogens (tertiary/aromatic N) is 1. The van der Waals surface area contributed by atoms with Crippen molar-refractivity contribution in [3.63, 3.8) is 0 Å². The van der Waals surface area contributed by atoms with E-state index >= 15 is 0 Å². The molecule has 1 amide bonds. The first-order chi connectivity index (χ1) is 13.2. The van der Waals surface area contributed by atoms with E-state index in [4.69, 9.17) is 0 Å². The van der Waals surface area contributed by atoms with Crippen molar-refractivity contribution in [2.45, 2.75) is 25.8 Å². The van der Waals surface area contributed by atoms with Gasteiger partial charge in [-0.2, -0.15) is 0 Å². The number of hydrogen-bond donors (Lipinski definition) is 0. The van der Waals surface area contributed by atoms with Crippen LogP contribution in [0, 0.1) is 5.82 Å². The van der Waals surface area contributed by atoms with Gasteiger partial charge in [-0.3, -0.25) is 4.79 Å². The van der Waals surface area contributed by atoms with Crippen molar-refractivity contribution in [3.05, 3.63) is 106 Å². The topological polar surface area (TPSA) is 20.3 Å². The molecular formula is C24H22FNO. The molecule has 0 saturated carbocycles. The second-order valence-electron chi connectivity index (χ2n) is 6.95. The minimum atomic E-state index is -0.268. The Morgan fingerprint density at radius 2 is 1.70 bits per heavy atom. The average molecular weight is 359 g/mol. The quantitative estimate of drug-likeness (QED) is 0.631. The molecule has 2 nitrogen and oxygen atoms in total. The zero-order valence-electron chi connectivity index (χ0n) is 15.4. The molecule has 4 rings (SSSR count). The van der Waals surface area contributed by atoms with Crippen LogP contribution in [0.1, 0.15) is 45.6 Å². The molecule has 0 saturated heterocycles. The van der Waals surface area contributed by atoms with Crippen molar-refractivity contribution in [2.75, 3.05) is 6.54 Å². The second kappa shape index (κ2) is 7.36. The van der Waals surface area contributed by atoms with Crippen molar-refractivity contribution in [3.8, 4) is 0 Å². The predicted octanol–water partition coefficient (Wildman–Crippen LogP) is 5.18. The molecule has 1 aliphatic rings. The lowest BCUT2D eigenvalue weighted by molar-refractivity contribution is 0.0694. The lowest BCUT2D eigenvalue weighted by atomic mass is 9.87. The third-order valence-corrected chi connectivity index (χ3v) is 5.34. The molecule has 3 heteroatoms. The number of benzene rings is 3. The first kappa shape index (κ1) is 17.5. The van der Waals surface area contributed by atoms with Crippen molar-refractivity contribution < 1.29 is 9.18 Å². The van der Waals surface area contributed by atoms with Crippen LogP contribution in [-0.4, -0.2) is 17.4 Å². The smallest absolute Gasteiger partial charge is 0.254 e. The molecule has 1 aliphatic heterocycles. The number of carbonyl (C=O) groups excluding carboxylic acids is 1. The molecule has 0 aromatic heterocycles. The molecule has 0 unspecified atom stereocenters. The van der Waals surface area contributed by atoms with Crippen LogP contribution < -0.4 is 0 Å². The molecular weight excluding hydrogens is 337 g/mol. The fourth-order valence-corrected chi connectivity index (χ4v) is 3.84. The Bertz CT molecular complexity index is 947. The SMILES string of the molecule is CCc1ccc(C(=O)N2CCc3ccccc3[C@H]2c2ccc(F)cc2)cc1. The van der Waals surface area contributed by atoms with Gasteiger partial charge in [0.05, 0.1) is 6.04 Å². The molecule has 0 spiro atoms. The summed E-state index contributed by atoms with van der Waals surface area (Å²) >= 11 is 0. The van der Waals surface area contributed by atoms with E-state index in [1.54, 1.807) is 12.1 Å². The van der Waals surface area contributed by atoms with E-state index in [1.165, 1.54) is 23.3 Å². The van der Waals surface area contributed by atoms with Crippen LogP contribution in [0.15, 0.2) is 72.8 Å². The number of carbonyl (C=O) groups is 1. The van der Waals surface area contributed by atoms with Gasteiger partial charge in [0.15, 0.2) is 0 Å². The fraction of sp³-hybridized carbons (Fsp3) is 0.208. The van der Waals surface area contributed by atoms with E-state index < -0.39 is 0 Å². The van der Waals surface area contributed by atoms with Crippen molar-refractivity contribution in [1.29, 1.82) is 0 Å². The Morgan fingerprint density at radius 1 is 1.00 bits per heavy atom. The highest BCUT2D eigenvalue weighted by molar-refractivity contribution is 5.95. The number of aryl methyl sites for hydroxylation is 1. The van der Waals surface area contributed by atoms with Crippen LogP contribution in [0.5, 0.6) is 0 Å². The highest BCUT2D eigenvalue weighted by atomic mass is 19.1. The lowest BCUT2D eigenvalue weighted by Crippen LogP contribution is -2.40. The van der Waals surface area contributed by atoms with Gasteiger partial charge < -0.3 is 4.90 Å². The van der Waals surface area contributed by atoms with Crippen LogP contribution in [-0.2, 0) is 12.8 Å². The molecule has 0 bridgehead atoms. The van der Waals surface area contributed by atoms with Gasteiger partial charge in [-0.1, -0.05) is 55.5 Å². The van der Waals surface area contributed by atoms with Crippen molar-refractivity contribution in [2.24, 2.45) is 0 Å². The van der Waals surface area contributed by atoms with Crippen LogP contribution >= 0.6 is 0 Å². The van der Waals surface area contributed by atoms with Crippen LogP contribution in [0.3, 0.4) is 0 Å². The molecule has 0 N–H and O–H groups in total. The fourth-order valence-electron chi connectivity index (χ4n) is 3.84. The van der Waals surface area contributed by atoms with E-state index in [-0.39, 0.29) is 17.8 Å². The van der Waals surface area contributed by atoms with Gasteiger partial charge >= 0.3 is 0 Å². The number of fused-ring (bicyclic) bond motifs is 1. The van der Waals surface area contributed by atoms with Gasteiger partial charge in [0.2, 0.25) is 0 Å². The highest BCUT2D eigenvalue weighted by Crippen LogP contribution is 2.36. The van der Waals surface area contributed by atoms with Gasteiger partial charge in [0.1, 0.15) is 5.82 Å². The average Bonchev–Trinajstić information content (AvgIpc) is 2.73. The maximum Gasteiger partial charge on any atom is 0.254 e. The first-order valence-corrected chi connectivity index (χ1v) is 9.40. The van der Waals surface area contributed by atoms with Gasteiger partial charge in [0.25, 0.3) is 5.91 Å². The third-order valence-electron chi connectivity index (χ3n) is 5.34. The molecule has 1 heterocycles. The molecule has 136 valence electrons. The standard InChI is InChI=1S/C24H22FNO/c1-2-17-7-9-20(10-8-17)24(27)26-16-15-18-5-3-4-6-22(18)23(26)19-11-13-21(25)14-12-19/h3-14,23H,2,15-16H2,1H3/t23-/m1/s1. The summed E-state index contributed by atoms with van der Waals surface area (Å²) in [5.74, 6) is -0.252. The minimum absolute atomic E-state index is 0.0153. The zero-order chi connectivity index (χ0) is 18.8. The van der Waals surface area contributed by atoms with E-state index in [1.807, 2.05) is 41.3 Å². The van der Waals surface area contributed by atoms with Crippen LogP contribution in [0.25, 0.3) is 0 Å². The largest absolute Gasteiger partial charge is 0.327 e. The van der Waals surface area contributed by atoms with Gasteiger partial charge in [-0.15, -0.1) is 0 Å². The molecule has 0 aliphatic carbocycles. The lowest BCUT2D eigenvalue weighted by Gasteiger charge is -2.38. The zero-order valence-corrected chi connectivity index (χ0v) is 15.4. The van der Waals surface area contributed by atoms with E-state index in [0.717, 1.165) is 24.0 Å². The summed E-state index contributed by atoms with van der Waals surface area (Å²) in [7, 11) is 0. The summed E-state index contributed by atoms with van der Waals surface area (Å²) in [4.78, 5) is 15.2. The normalized spacial score (nSPS) is 16.1. The Hall–Kier alpha value is -2.94. The number of rotatable bonds is 3. The molecule has 27 heavy (non-hydrogen) atoms. The monoisotopic (exact) mass is 359 g/mol. The summed E-state index contributed by atoms with van der Waals surface area (Å²) in [5, 5.41) is 0. The Morgan fingerprint density at radius 3 is 2.41 bits per heavy atom. The predicted molar refractivity (Wildman–Crippen MR) is 105 cm³/mol. The summed E-state index contributed by atoms with van der Waals surface area (Å²) < 4.78 is 13.5. The van der Waals surface area contributed by atoms with Crippen LogP contribution in [0.4, 0.5) is 4.39 Å². The summed E-state index contributed by atoms with van der Waals surface area (Å²) in [6.45, 7) is 2.75. The molecule has 3 aromatic carbocycles. The third kappa shape index (κ3) is 3.37. The molecule has 0 radical (unpaired) electrons. The van der Waals surface area contributed by atoms with E-state index in [9.17, 15) is 9.18 Å². The second-order valence-corrected chi connectivity index (χ2v) is 6.95. The molecule has 0 fully saturated rings. The number of halogens is 1. The first-order valence-electron chi connectivity index (χ1n) is 9.40. The van der Waals surface area contributed by atoms with E-state index in [2.05, 4.69) is 19.1 Å². The number of amides is 1. The minimum Gasteiger partial charge on any atom is -0.327 e. The number of hydrogen-bond acceptors (Lipinski definition) is 1. The Balaban J connectivity index is 1.75. The summed E-state index contributed by atoms with van der Waals surface area (Å²) in [6.07, 6.45) is 1.77. The van der Waals surface area contributed by atoms with Gasteiger partial charge in [-0.05, 0) is 59.4 Å². The van der Waals surface area contributed by atoms with Gasteiger partial charge in [0, 0.05) is 12.1 Å². The van der Waals surface area contributed by atoms with Crippen molar-refractivity contribution in [1.82, 2.24) is 4.90 Å². The maximum atomic E-state index is 13.5. The Kier molecular flexibility index (Phi) is 4.76. The summed E-state index contributed by atoms with van der Waals surface area (Å²) in [5.41, 5.74) is 5.21. The molecule has 1 atom stereocenters. The Labute approximate surface area is 159 Å². The van der Waals surface area contributed by atoms with Crippen LogP contribution in [0.2, 0.25) is 0 Å².